The number of aromatic nitrogens is 1. The second-order valence-electron chi connectivity index (χ2n) is 5.55. The Balaban J connectivity index is 1.56. The minimum Gasteiger partial charge on any atom is -0.454 e. The number of amides is 2. The molecule has 132 valence electrons. The summed E-state index contributed by atoms with van der Waals surface area (Å²) in [5.41, 5.74) is 1.10. The molecule has 1 aromatic heterocycles. The lowest BCUT2D eigenvalue weighted by atomic mass is 10.2. The standard InChI is InChI=1S/C17H19N3O4S/c1-2-3-6-18-15(21)8-12-9-25-17(19-12)20-16(22)11-4-5-13-14(7-11)24-10-23-13/h4-5,7,9H,2-3,6,8,10H2,1H3,(H,18,21)(H,19,20,22). The quantitative estimate of drug-likeness (QED) is 0.740. The molecular weight excluding hydrogens is 342 g/mol. The van der Waals surface area contributed by atoms with Crippen LogP contribution in [-0.4, -0.2) is 30.1 Å². The van der Waals surface area contributed by atoms with Crippen LogP contribution in [0.2, 0.25) is 0 Å². The fourth-order valence-corrected chi connectivity index (χ4v) is 2.99. The highest BCUT2D eigenvalue weighted by Crippen LogP contribution is 2.32. The molecule has 2 amide bonds. The molecule has 8 heteroatoms. The van der Waals surface area contributed by atoms with Gasteiger partial charge in [-0.15, -0.1) is 11.3 Å². The number of nitrogens with zero attached hydrogens (tertiary/aromatic N) is 1. The number of nitrogens with one attached hydrogen (secondary N) is 2. The number of ether oxygens (including phenoxy) is 2. The third kappa shape index (κ3) is 4.48. The van der Waals surface area contributed by atoms with Gasteiger partial charge in [0.05, 0.1) is 12.1 Å². The van der Waals surface area contributed by atoms with Crippen LogP contribution in [0.3, 0.4) is 0 Å². The average molecular weight is 361 g/mol. The van der Waals surface area contributed by atoms with E-state index >= 15 is 0 Å². The Hall–Kier alpha value is -2.61. The van der Waals surface area contributed by atoms with Crippen LogP contribution in [0, 0.1) is 0 Å². The smallest absolute Gasteiger partial charge is 0.257 e. The molecule has 0 atom stereocenters. The maximum atomic E-state index is 12.3. The Labute approximate surface area is 149 Å². The summed E-state index contributed by atoms with van der Waals surface area (Å²) in [4.78, 5) is 28.4. The molecule has 1 aliphatic rings. The topological polar surface area (TPSA) is 89.6 Å². The van der Waals surface area contributed by atoms with E-state index in [2.05, 4.69) is 22.5 Å². The Morgan fingerprint density at radius 1 is 1.28 bits per heavy atom. The zero-order valence-corrected chi connectivity index (χ0v) is 14.6. The van der Waals surface area contributed by atoms with Crippen molar-refractivity contribution in [2.24, 2.45) is 0 Å². The maximum absolute atomic E-state index is 12.3. The van der Waals surface area contributed by atoms with Crippen LogP contribution in [0.4, 0.5) is 5.13 Å². The maximum Gasteiger partial charge on any atom is 0.257 e. The fourth-order valence-electron chi connectivity index (χ4n) is 2.28. The van der Waals surface area contributed by atoms with Crippen LogP contribution in [0.25, 0.3) is 0 Å². The van der Waals surface area contributed by atoms with Gasteiger partial charge in [-0.05, 0) is 24.6 Å². The summed E-state index contributed by atoms with van der Waals surface area (Å²) >= 11 is 1.29. The number of benzene rings is 1. The highest BCUT2D eigenvalue weighted by molar-refractivity contribution is 7.14. The number of rotatable bonds is 7. The van der Waals surface area contributed by atoms with E-state index in [1.54, 1.807) is 23.6 Å². The van der Waals surface area contributed by atoms with Crippen molar-refractivity contribution in [3.05, 3.63) is 34.8 Å². The van der Waals surface area contributed by atoms with Gasteiger partial charge in [-0.25, -0.2) is 4.98 Å². The molecule has 2 heterocycles. The van der Waals surface area contributed by atoms with E-state index < -0.39 is 0 Å². The van der Waals surface area contributed by atoms with Gasteiger partial charge in [0, 0.05) is 17.5 Å². The first kappa shape index (κ1) is 17.2. The minimum absolute atomic E-state index is 0.0626. The summed E-state index contributed by atoms with van der Waals surface area (Å²) in [7, 11) is 0. The van der Waals surface area contributed by atoms with Gasteiger partial charge >= 0.3 is 0 Å². The van der Waals surface area contributed by atoms with Crippen LogP contribution >= 0.6 is 11.3 Å². The number of hydrogen-bond donors (Lipinski definition) is 2. The summed E-state index contributed by atoms with van der Waals surface area (Å²) in [5, 5.41) is 7.81. The van der Waals surface area contributed by atoms with Crippen LogP contribution in [0.5, 0.6) is 11.5 Å². The van der Waals surface area contributed by atoms with Crippen molar-refractivity contribution in [3.63, 3.8) is 0 Å². The Morgan fingerprint density at radius 2 is 2.12 bits per heavy atom. The van der Waals surface area contributed by atoms with Gasteiger partial charge < -0.3 is 14.8 Å². The lowest BCUT2D eigenvalue weighted by Gasteiger charge is -2.03. The molecule has 25 heavy (non-hydrogen) atoms. The number of carbonyl (C=O) groups is 2. The van der Waals surface area contributed by atoms with Crippen molar-refractivity contribution in [2.45, 2.75) is 26.2 Å². The number of unbranched alkanes of at least 4 members (excludes halogenated alkanes) is 1. The van der Waals surface area contributed by atoms with Crippen molar-refractivity contribution in [3.8, 4) is 11.5 Å². The highest BCUT2D eigenvalue weighted by atomic mass is 32.1. The lowest BCUT2D eigenvalue weighted by molar-refractivity contribution is -0.120. The molecular formula is C17H19N3O4S. The van der Waals surface area contributed by atoms with Gasteiger partial charge in [-0.3, -0.25) is 14.9 Å². The molecule has 0 aliphatic carbocycles. The third-order valence-electron chi connectivity index (χ3n) is 3.60. The molecule has 0 unspecified atom stereocenters. The Bertz CT molecular complexity index is 775. The van der Waals surface area contributed by atoms with E-state index in [0.717, 1.165) is 12.8 Å². The summed E-state index contributed by atoms with van der Waals surface area (Å²) in [6, 6.07) is 5.00. The molecule has 0 radical (unpaired) electrons. The molecule has 3 rings (SSSR count). The van der Waals surface area contributed by atoms with Gasteiger partial charge in [0.25, 0.3) is 5.91 Å². The van der Waals surface area contributed by atoms with Crippen molar-refractivity contribution in [1.29, 1.82) is 0 Å². The van der Waals surface area contributed by atoms with E-state index in [1.807, 2.05) is 0 Å². The number of thiazole rings is 1. The van der Waals surface area contributed by atoms with Gasteiger partial charge in [0.15, 0.2) is 16.6 Å². The largest absolute Gasteiger partial charge is 0.454 e. The molecule has 2 aromatic rings. The normalized spacial score (nSPS) is 12.0. The van der Waals surface area contributed by atoms with Crippen molar-refractivity contribution in [2.75, 3.05) is 18.7 Å². The lowest BCUT2D eigenvalue weighted by Crippen LogP contribution is -2.26. The average Bonchev–Trinajstić information content (AvgIpc) is 3.23. The van der Waals surface area contributed by atoms with Crippen LogP contribution < -0.4 is 20.1 Å². The monoisotopic (exact) mass is 361 g/mol. The van der Waals surface area contributed by atoms with Gasteiger partial charge in [-0.2, -0.15) is 0 Å². The predicted molar refractivity (Wildman–Crippen MR) is 94.3 cm³/mol. The van der Waals surface area contributed by atoms with Crippen molar-refractivity contribution >= 4 is 28.3 Å². The highest BCUT2D eigenvalue weighted by Gasteiger charge is 2.17. The molecule has 0 bridgehead atoms. The molecule has 1 aromatic carbocycles. The fraction of sp³-hybridized carbons (Fsp3) is 0.353. The number of fused-ring (bicyclic) bond motifs is 1. The summed E-state index contributed by atoms with van der Waals surface area (Å²) in [6.45, 7) is 2.91. The van der Waals surface area contributed by atoms with E-state index in [4.69, 9.17) is 9.47 Å². The van der Waals surface area contributed by atoms with Gasteiger partial charge in [-0.1, -0.05) is 13.3 Å². The van der Waals surface area contributed by atoms with E-state index in [0.29, 0.717) is 34.4 Å². The van der Waals surface area contributed by atoms with E-state index in [9.17, 15) is 9.59 Å². The second-order valence-corrected chi connectivity index (χ2v) is 6.40. The molecule has 0 fully saturated rings. The van der Waals surface area contributed by atoms with Crippen LogP contribution in [-0.2, 0) is 11.2 Å². The van der Waals surface area contributed by atoms with E-state index in [-0.39, 0.29) is 25.0 Å². The summed E-state index contributed by atoms with van der Waals surface area (Å²) in [6.07, 6.45) is 2.20. The molecule has 1 aliphatic heterocycles. The first-order valence-corrected chi connectivity index (χ1v) is 8.96. The first-order chi connectivity index (χ1) is 12.2. The molecule has 2 N–H and O–H groups in total. The number of carbonyl (C=O) groups excluding carboxylic acids is 2. The molecule has 0 saturated heterocycles. The zero-order chi connectivity index (χ0) is 17.6. The summed E-state index contributed by atoms with van der Waals surface area (Å²) in [5.74, 6) is 0.831. The van der Waals surface area contributed by atoms with Gasteiger partial charge in [0.1, 0.15) is 0 Å². The number of anilines is 1. The number of hydrogen-bond acceptors (Lipinski definition) is 6. The van der Waals surface area contributed by atoms with Crippen molar-refractivity contribution in [1.82, 2.24) is 10.3 Å². The van der Waals surface area contributed by atoms with Crippen molar-refractivity contribution < 1.29 is 19.1 Å². The predicted octanol–water partition coefficient (Wildman–Crippen LogP) is 2.58. The minimum atomic E-state index is -0.286. The summed E-state index contributed by atoms with van der Waals surface area (Å²) < 4.78 is 10.5. The second kappa shape index (κ2) is 7.98. The third-order valence-corrected chi connectivity index (χ3v) is 4.41. The molecule has 7 nitrogen and oxygen atoms in total. The van der Waals surface area contributed by atoms with Crippen LogP contribution in [0.15, 0.2) is 23.6 Å². The Kier molecular flexibility index (Phi) is 5.49. The van der Waals surface area contributed by atoms with Gasteiger partial charge in [0.2, 0.25) is 12.7 Å². The molecule has 0 spiro atoms. The zero-order valence-electron chi connectivity index (χ0n) is 13.8. The SMILES string of the molecule is CCCCNC(=O)Cc1csc(NC(=O)c2ccc3c(c2)OCO3)n1. The first-order valence-electron chi connectivity index (χ1n) is 8.08. The van der Waals surface area contributed by atoms with Crippen LogP contribution in [0.1, 0.15) is 35.8 Å². The van der Waals surface area contributed by atoms with E-state index in [1.165, 1.54) is 11.3 Å². The molecule has 0 saturated carbocycles. The Morgan fingerprint density at radius 3 is 2.96 bits per heavy atom.